The Morgan fingerprint density at radius 2 is 1.53 bits per heavy atom. The van der Waals surface area contributed by atoms with Gasteiger partial charge in [0.1, 0.15) is 12.1 Å². The summed E-state index contributed by atoms with van der Waals surface area (Å²) in [7, 11) is -3.70. The first kappa shape index (κ1) is 39.2. The van der Waals surface area contributed by atoms with E-state index in [1.165, 1.54) is 4.90 Å². The summed E-state index contributed by atoms with van der Waals surface area (Å²) >= 11 is 1.55. The van der Waals surface area contributed by atoms with Gasteiger partial charge in [-0.15, -0.1) is 11.8 Å². The molecule has 254 valence electrons. The van der Waals surface area contributed by atoms with Crippen LogP contribution >= 0.6 is 11.8 Å². The minimum absolute atomic E-state index is 0.000957. The Labute approximate surface area is 256 Å². The number of nitrogens with two attached hydrogens (primary N) is 2. The Bertz CT molecular complexity index is 1290. The number of aliphatic carboxylic acids is 2. The van der Waals surface area contributed by atoms with E-state index in [-0.39, 0.29) is 28.9 Å². The fourth-order valence-electron chi connectivity index (χ4n) is 3.67. The molecule has 14 nitrogen and oxygen atoms in total. The molecule has 2 saturated heterocycles. The zero-order valence-corrected chi connectivity index (χ0v) is 24.7. The quantitative estimate of drug-likeness (QED) is 0.0905. The van der Waals surface area contributed by atoms with Crippen LogP contribution in [0.25, 0.3) is 0 Å². The van der Waals surface area contributed by atoms with Gasteiger partial charge in [0.2, 0.25) is 21.8 Å². The van der Waals surface area contributed by atoms with Crippen molar-refractivity contribution in [3.8, 4) is 0 Å². The van der Waals surface area contributed by atoms with E-state index in [2.05, 4.69) is 15.0 Å². The summed E-state index contributed by atoms with van der Waals surface area (Å²) in [6.07, 6.45) is -8.56. The first-order valence-electron chi connectivity index (χ1n) is 12.6. The Kier molecular flexibility index (Phi) is 14.9. The molecule has 0 bridgehead atoms. The molecule has 45 heavy (non-hydrogen) atoms. The minimum Gasteiger partial charge on any atom is -0.475 e. The molecule has 2 aliphatic rings. The number of carboxylic acid groups (broad SMARTS) is 2. The van der Waals surface area contributed by atoms with Crippen LogP contribution in [0.4, 0.5) is 26.3 Å². The summed E-state index contributed by atoms with van der Waals surface area (Å²) < 4.78 is 91.2. The number of rotatable bonds is 9. The van der Waals surface area contributed by atoms with E-state index in [4.69, 9.17) is 31.3 Å². The summed E-state index contributed by atoms with van der Waals surface area (Å²) in [6.45, 7) is 0.787. The van der Waals surface area contributed by atoms with Gasteiger partial charge in [-0.25, -0.2) is 22.7 Å². The van der Waals surface area contributed by atoms with Crippen molar-refractivity contribution in [2.45, 2.75) is 54.8 Å². The zero-order chi connectivity index (χ0) is 34.6. The normalized spacial score (nSPS) is 19.6. The second kappa shape index (κ2) is 17.1. The van der Waals surface area contributed by atoms with E-state index in [1.807, 2.05) is 6.07 Å². The number of hydrogen-bond donors (Lipinski definition) is 6. The van der Waals surface area contributed by atoms with Gasteiger partial charge in [-0.2, -0.15) is 26.3 Å². The van der Waals surface area contributed by atoms with Gasteiger partial charge in [-0.1, -0.05) is 30.3 Å². The number of carboxylic acids is 2. The molecule has 0 saturated carbocycles. The number of sulfonamides is 1. The highest BCUT2D eigenvalue weighted by atomic mass is 32.2. The fraction of sp³-hybridized carbons (Fsp3) is 0.522. The standard InChI is InChI=1S/C19H28N6O4S2.2C2HF3O2/c20-19(21)23-10-4-9-22-17(26)15-11-30-16-8-7-14(18(27)25(15)16)24-31(28,29)12-13-5-2-1-3-6-13;2*3-2(4,5)1(6)7/h1-3,5-6,14-16,24H,4,7-12H2,(H,22,26)(H4,20,21,23);2*(H,6,7)/t14-,15+,16+;;/m1../s1. The number of carbonyl (C=O) groups excluding carboxylic acids is 2. The van der Waals surface area contributed by atoms with Crippen LogP contribution in [0, 0.1) is 0 Å². The summed E-state index contributed by atoms with van der Waals surface area (Å²) in [5.41, 5.74) is 11.2. The number of benzene rings is 1. The molecule has 2 amide bonds. The van der Waals surface area contributed by atoms with Gasteiger partial charge in [-0.3, -0.25) is 14.6 Å². The van der Waals surface area contributed by atoms with Gasteiger partial charge in [-0.05, 0) is 24.8 Å². The van der Waals surface area contributed by atoms with Crippen molar-refractivity contribution in [1.82, 2.24) is 14.9 Å². The molecule has 1 aromatic rings. The van der Waals surface area contributed by atoms with Crippen LogP contribution in [-0.2, 0) is 35.0 Å². The molecule has 0 spiro atoms. The van der Waals surface area contributed by atoms with Crippen LogP contribution in [0.1, 0.15) is 24.8 Å². The highest BCUT2D eigenvalue weighted by molar-refractivity contribution is 8.00. The molecule has 0 radical (unpaired) electrons. The number of carbonyl (C=O) groups is 4. The molecule has 3 atom stereocenters. The summed E-state index contributed by atoms with van der Waals surface area (Å²) in [4.78, 5) is 48.9. The first-order valence-corrected chi connectivity index (χ1v) is 15.3. The highest BCUT2D eigenvalue weighted by Crippen LogP contribution is 2.36. The monoisotopic (exact) mass is 696 g/mol. The number of thioether (sulfide) groups is 1. The van der Waals surface area contributed by atoms with Crippen LogP contribution in [0.2, 0.25) is 0 Å². The van der Waals surface area contributed by atoms with Gasteiger partial charge < -0.3 is 31.9 Å². The van der Waals surface area contributed by atoms with E-state index in [0.717, 1.165) is 0 Å². The number of guanidine groups is 1. The van der Waals surface area contributed by atoms with Crippen LogP contribution in [0.5, 0.6) is 0 Å². The van der Waals surface area contributed by atoms with Crippen molar-refractivity contribution in [1.29, 1.82) is 0 Å². The van der Waals surface area contributed by atoms with Crippen LogP contribution in [0.3, 0.4) is 0 Å². The Morgan fingerprint density at radius 1 is 1.00 bits per heavy atom. The lowest BCUT2D eigenvalue weighted by Crippen LogP contribution is -2.59. The third kappa shape index (κ3) is 14.2. The molecule has 8 N–H and O–H groups in total. The molecule has 1 aromatic carbocycles. The predicted octanol–water partition coefficient (Wildman–Crippen LogP) is 0.585. The maximum absolute atomic E-state index is 13.1. The maximum atomic E-state index is 13.1. The fourth-order valence-corrected chi connectivity index (χ4v) is 6.47. The molecular formula is C23H30F6N6O8S2. The topological polar surface area (TPSA) is 235 Å². The summed E-state index contributed by atoms with van der Waals surface area (Å²) in [5.74, 6) is -5.82. The smallest absolute Gasteiger partial charge is 0.475 e. The molecule has 0 aromatic heterocycles. The average molecular weight is 697 g/mol. The maximum Gasteiger partial charge on any atom is 0.490 e. The minimum atomic E-state index is -5.08. The van der Waals surface area contributed by atoms with Gasteiger partial charge in [0.25, 0.3) is 0 Å². The number of hydrogen-bond acceptors (Lipinski definition) is 8. The van der Waals surface area contributed by atoms with E-state index >= 15 is 0 Å². The average Bonchev–Trinajstić information content (AvgIpc) is 3.35. The van der Waals surface area contributed by atoms with Crippen molar-refractivity contribution in [2.75, 3.05) is 18.8 Å². The molecule has 2 aliphatic heterocycles. The second-order valence-corrected chi connectivity index (χ2v) is 12.1. The number of fused-ring (bicyclic) bond motifs is 1. The molecule has 3 rings (SSSR count). The van der Waals surface area contributed by atoms with E-state index in [9.17, 15) is 44.3 Å². The van der Waals surface area contributed by atoms with E-state index in [1.54, 1.807) is 36.0 Å². The highest BCUT2D eigenvalue weighted by Gasteiger charge is 2.47. The van der Waals surface area contributed by atoms with Crippen molar-refractivity contribution < 1.29 is 64.2 Å². The van der Waals surface area contributed by atoms with E-state index < -0.39 is 46.4 Å². The number of piperidine rings is 1. The van der Waals surface area contributed by atoms with Crippen LogP contribution < -0.4 is 21.5 Å². The van der Waals surface area contributed by atoms with Gasteiger partial charge in [0.05, 0.1) is 11.1 Å². The number of aliphatic imine (C=N–C) groups is 1. The third-order valence-corrected chi connectivity index (χ3v) is 8.30. The van der Waals surface area contributed by atoms with Crippen molar-refractivity contribution in [2.24, 2.45) is 16.5 Å². The Morgan fingerprint density at radius 3 is 2.02 bits per heavy atom. The van der Waals surface area contributed by atoms with Crippen molar-refractivity contribution in [3.63, 3.8) is 0 Å². The number of halogens is 6. The van der Waals surface area contributed by atoms with Crippen molar-refractivity contribution >= 4 is 51.5 Å². The number of nitrogens with one attached hydrogen (secondary N) is 2. The summed E-state index contributed by atoms with van der Waals surface area (Å²) in [5, 5.41) is 17.0. The third-order valence-electron chi connectivity index (χ3n) is 5.58. The molecule has 22 heteroatoms. The molecule has 0 unspecified atom stereocenters. The van der Waals surface area contributed by atoms with Gasteiger partial charge in [0, 0.05) is 18.8 Å². The van der Waals surface area contributed by atoms with Crippen LogP contribution in [-0.4, -0.2) is 102 Å². The molecular weight excluding hydrogens is 666 g/mol. The van der Waals surface area contributed by atoms with Crippen LogP contribution in [0.15, 0.2) is 35.3 Å². The van der Waals surface area contributed by atoms with Crippen molar-refractivity contribution in [3.05, 3.63) is 35.9 Å². The Balaban J connectivity index is 0.000000601. The number of alkyl halides is 6. The number of amides is 2. The Hall–Kier alpha value is -3.79. The van der Waals surface area contributed by atoms with E-state index in [0.29, 0.717) is 43.7 Å². The SMILES string of the molecule is NC(N)=NCCCNC(=O)[C@@H]1CS[C@H]2CC[C@@H](NS(=O)(=O)Cc3ccccc3)C(=O)N21.O=C(O)C(F)(F)F.O=C(O)C(F)(F)F. The molecule has 2 fully saturated rings. The lowest BCUT2D eigenvalue weighted by Gasteiger charge is -2.36. The molecule has 2 heterocycles. The van der Waals surface area contributed by atoms with Gasteiger partial charge >= 0.3 is 24.3 Å². The molecule has 0 aliphatic carbocycles. The lowest BCUT2D eigenvalue weighted by atomic mass is 10.0. The first-order chi connectivity index (χ1) is 20.7. The lowest BCUT2D eigenvalue weighted by molar-refractivity contribution is -0.193. The zero-order valence-electron chi connectivity index (χ0n) is 23.0. The predicted molar refractivity (Wildman–Crippen MR) is 148 cm³/mol. The second-order valence-electron chi connectivity index (χ2n) is 9.10. The largest absolute Gasteiger partial charge is 0.490 e. The summed E-state index contributed by atoms with van der Waals surface area (Å²) in [6, 6.07) is 7.32. The number of nitrogens with zero attached hydrogens (tertiary/aromatic N) is 2. The van der Waals surface area contributed by atoms with Gasteiger partial charge in [0.15, 0.2) is 5.96 Å².